The normalized spacial score (nSPS) is 15.6. The van der Waals surface area contributed by atoms with Gasteiger partial charge in [0.2, 0.25) is 0 Å². The Labute approximate surface area is 135 Å². The first-order valence-corrected chi connectivity index (χ1v) is 7.94. The molecule has 1 heterocycles. The van der Waals surface area contributed by atoms with E-state index in [1.54, 1.807) is 6.07 Å². The predicted molar refractivity (Wildman–Crippen MR) is 88.4 cm³/mol. The zero-order chi connectivity index (χ0) is 16.2. The molecule has 1 aliphatic heterocycles. The Balaban J connectivity index is 1.64. The molecule has 3 rings (SSSR count). The maximum absolute atomic E-state index is 13.6. The zero-order valence-corrected chi connectivity index (χ0v) is 12.9. The number of carboxylic acids is 1. The molecular formula is C19H20FNO2. The summed E-state index contributed by atoms with van der Waals surface area (Å²) in [6.07, 6.45) is 3.14. The maximum atomic E-state index is 13.6. The second-order valence-electron chi connectivity index (χ2n) is 6.12. The first kappa shape index (κ1) is 15.5. The minimum atomic E-state index is -1.09. The van der Waals surface area contributed by atoms with Crippen LogP contribution in [0.4, 0.5) is 10.1 Å². The molecule has 2 aromatic carbocycles. The molecule has 0 unspecified atom stereocenters. The fourth-order valence-corrected chi connectivity index (χ4v) is 3.22. The molecule has 23 heavy (non-hydrogen) atoms. The summed E-state index contributed by atoms with van der Waals surface area (Å²) in [4.78, 5) is 13.1. The van der Waals surface area contributed by atoms with E-state index >= 15 is 0 Å². The van der Waals surface area contributed by atoms with Crippen molar-refractivity contribution in [2.75, 3.05) is 18.0 Å². The van der Waals surface area contributed by atoms with Gasteiger partial charge in [-0.1, -0.05) is 30.3 Å². The van der Waals surface area contributed by atoms with E-state index in [0.29, 0.717) is 11.6 Å². The van der Waals surface area contributed by atoms with Crippen LogP contribution in [0.5, 0.6) is 0 Å². The lowest BCUT2D eigenvalue weighted by atomic mass is 9.90. The molecule has 0 bridgehead atoms. The Bertz CT molecular complexity index is 679. The van der Waals surface area contributed by atoms with Gasteiger partial charge in [0, 0.05) is 18.8 Å². The lowest BCUT2D eigenvalue weighted by molar-refractivity contribution is 0.0696. The van der Waals surface area contributed by atoms with Gasteiger partial charge in [0.05, 0.1) is 5.56 Å². The highest BCUT2D eigenvalue weighted by Crippen LogP contribution is 2.27. The molecule has 1 fully saturated rings. The van der Waals surface area contributed by atoms with E-state index in [-0.39, 0.29) is 5.56 Å². The van der Waals surface area contributed by atoms with Crippen LogP contribution in [0.2, 0.25) is 0 Å². The van der Waals surface area contributed by atoms with E-state index < -0.39 is 11.8 Å². The Morgan fingerprint density at radius 3 is 2.48 bits per heavy atom. The van der Waals surface area contributed by atoms with Gasteiger partial charge in [-0.25, -0.2) is 9.18 Å². The summed E-state index contributed by atoms with van der Waals surface area (Å²) in [6, 6.07) is 14.5. The molecule has 1 saturated heterocycles. The van der Waals surface area contributed by atoms with Gasteiger partial charge in [0.25, 0.3) is 0 Å². The third kappa shape index (κ3) is 3.89. The number of hydrogen-bond acceptors (Lipinski definition) is 2. The van der Waals surface area contributed by atoms with Crippen LogP contribution in [0.1, 0.15) is 28.8 Å². The molecule has 0 atom stereocenters. The average Bonchev–Trinajstić information content (AvgIpc) is 2.56. The standard InChI is InChI=1S/C19H20FNO2/c20-17-11-16(19(22)23)12-18(13-17)21-8-6-15(7-9-21)10-14-4-2-1-3-5-14/h1-5,11-13,15H,6-10H2,(H,22,23). The van der Waals surface area contributed by atoms with Crippen LogP contribution >= 0.6 is 0 Å². The van der Waals surface area contributed by atoms with Gasteiger partial charge in [-0.15, -0.1) is 0 Å². The number of aromatic carboxylic acids is 1. The second-order valence-corrected chi connectivity index (χ2v) is 6.12. The Morgan fingerprint density at radius 1 is 1.13 bits per heavy atom. The summed E-state index contributed by atoms with van der Waals surface area (Å²) in [6.45, 7) is 1.67. The molecule has 1 N–H and O–H groups in total. The summed E-state index contributed by atoms with van der Waals surface area (Å²) in [5.41, 5.74) is 2.02. The van der Waals surface area contributed by atoms with E-state index in [4.69, 9.17) is 5.11 Å². The third-order valence-corrected chi connectivity index (χ3v) is 4.48. The predicted octanol–water partition coefficient (Wildman–Crippen LogP) is 3.98. The molecule has 3 nitrogen and oxygen atoms in total. The molecule has 1 aliphatic rings. The quantitative estimate of drug-likeness (QED) is 0.928. The van der Waals surface area contributed by atoms with Gasteiger partial charge in [-0.05, 0) is 48.9 Å². The fourth-order valence-electron chi connectivity index (χ4n) is 3.22. The molecule has 0 spiro atoms. The van der Waals surface area contributed by atoms with Gasteiger partial charge in [0.1, 0.15) is 5.82 Å². The van der Waals surface area contributed by atoms with Crippen molar-refractivity contribution in [3.63, 3.8) is 0 Å². The van der Waals surface area contributed by atoms with Crippen LogP contribution in [0, 0.1) is 11.7 Å². The summed E-state index contributed by atoms with van der Waals surface area (Å²) >= 11 is 0. The molecule has 0 saturated carbocycles. The van der Waals surface area contributed by atoms with E-state index in [0.717, 1.165) is 38.4 Å². The van der Waals surface area contributed by atoms with E-state index in [2.05, 4.69) is 29.2 Å². The monoisotopic (exact) mass is 313 g/mol. The van der Waals surface area contributed by atoms with Gasteiger partial charge >= 0.3 is 5.97 Å². The van der Waals surface area contributed by atoms with Gasteiger partial charge in [-0.2, -0.15) is 0 Å². The summed E-state index contributed by atoms with van der Waals surface area (Å²) < 4.78 is 13.6. The Morgan fingerprint density at radius 2 is 1.83 bits per heavy atom. The van der Waals surface area contributed by atoms with Crippen molar-refractivity contribution in [1.29, 1.82) is 0 Å². The lowest BCUT2D eigenvalue weighted by Gasteiger charge is -2.34. The number of piperidine rings is 1. The summed E-state index contributed by atoms with van der Waals surface area (Å²) in [7, 11) is 0. The number of hydrogen-bond donors (Lipinski definition) is 1. The minimum absolute atomic E-state index is 0.00593. The van der Waals surface area contributed by atoms with Crippen molar-refractivity contribution in [3.05, 3.63) is 65.5 Å². The van der Waals surface area contributed by atoms with Crippen LogP contribution in [-0.4, -0.2) is 24.2 Å². The highest BCUT2D eigenvalue weighted by Gasteiger charge is 2.21. The molecule has 0 aromatic heterocycles. The van der Waals surface area contributed by atoms with Crippen molar-refractivity contribution in [2.45, 2.75) is 19.3 Å². The number of carboxylic acid groups (broad SMARTS) is 1. The van der Waals surface area contributed by atoms with E-state index in [1.807, 2.05) is 6.07 Å². The van der Waals surface area contributed by atoms with Gasteiger partial charge in [-0.3, -0.25) is 0 Å². The number of halogens is 1. The molecule has 0 radical (unpaired) electrons. The average molecular weight is 313 g/mol. The topological polar surface area (TPSA) is 40.5 Å². The second kappa shape index (κ2) is 6.82. The highest BCUT2D eigenvalue weighted by atomic mass is 19.1. The maximum Gasteiger partial charge on any atom is 0.335 e. The zero-order valence-electron chi connectivity index (χ0n) is 12.9. The summed E-state index contributed by atoms with van der Waals surface area (Å²) in [5, 5.41) is 9.05. The van der Waals surface area contributed by atoms with Crippen molar-refractivity contribution < 1.29 is 14.3 Å². The molecular weight excluding hydrogens is 293 g/mol. The summed E-state index contributed by atoms with van der Waals surface area (Å²) in [5.74, 6) is -0.961. The number of benzene rings is 2. The van der Waals surface area contributed by atoms with Crippen LogP contribution in [-0.2, 0) is 6.42 Å². The smallest absolute Gasteiger partial charge is 0.335 e. The van der Waals surface area contributed by atoms with Crippen molar-refractivity contribution in [1.82, 2.24) is 0 Å². The number of rotatable bonds is 4. The Kier molecular flexibility index (Phi) is 4.60. The van der Waals surface area contributed by atoms with Gasteiger partial charge in [0.15, 0.2) is 0 Å². The van der Waals surface area contributed by atoms with Crippen molar-refractivity contribution in [2.24, 2.45) is 5.92 Å². The Hall–Kier alpha value is -2.36. The van der Waals surface area contributed by atoms with Crippen LogP contribution < -0.4 is 4.90 Å². The first-order valence-electron chi connectivity index (χ1n) is 7.94. The SMILES string of the molecule is O=C(O)c1cc(F)cc(N2CCC(Cc3ccccc3)CC2)c1. The molecule has 120 valence electrons. The fraction of sp³-hybridized carbons (Fsp3) is 0.316. The molecule has 0 aliphatic carbocycles. The molecule has 0 amide bonds. The van der Waals surface area contributed by atoms with Crippen molar-refractivity contribution >= 4 is 11.7 Å². The van der Waals surface area contributed by atoms with E-state index in [9.17, 15) is 9.18 Å². The number of carbonyl (C=O) groups is 1. The first-order chi connectivity index (χ1) is 11.1. The number of nitrogens with zero attached hydrogens (tertiary/aromatic N) is 1. The van der Waals surface area contributed by atoms with Crippen LogP contribution in [0.15, 0.2) is 48.5 Å². The lowest BCUT2D eigenvalue weighted by Crippen LogP contribution is -2.34. The van der Waals surface area contributed by atoms with Crippen LogP contribution in [0.3, 0.4) is 0 Å². The molecule has 2 aromatic rings. The molecule has 4 heteroatoms. The third-order valence-electron chi connectivity index (χ3n) is 4.48. The minimum Gasteiger partial charge on any atom is -0.478 e. The van der Waals surface area contributed by atoms with Crippen molar-refractivity contribution in [3.8, 4) is 0 Å². The number of anilines is 1. The van der Waals surface area contributed by atoms with E-state index in [1.165, 1.54) is 11.6 Å². The largest absolute Gasteiger partial charge is 0.478 e. The van der Waals surface area contributed by atoms with Crippen LogP contribution in [0.25, 0.3) is 0 Å². The highest BCUT2D eigenvalue weighted by molar-refractivity contribution is 5.88. The van der Waals surface area contributed by atoms with Gasteiger partial charge < -0.3 is 10.0 Å².